The first-order valence-electron chi connectivity index (χ1n) is 5.35. The Kier molecular flexibility index (Phi) is 3.69. The second kappa shape index (κ2) is 5.23. The molecule has 86 valence electrons. The van der Waals surface area contributed by atoms with Crippen molar-refractivity contribution in [1.82, 2.24) is 20.5 Å². The van der Waals surface area contributed by atoms with Gasteiger partial charge in [-0.1, -0.05) is 0 Å². The summed E-state index contributed by atoms with van der Waals surface area (Å²) in [4.78, 5) is 4.23. The van der Waals surface area contributed by atoms with Crippen molar-refractivity contribution in [2.24, 2.45) is 0 Å². The van der Waals surface area contributed by atoms with Crippen LogP contribution in [0.15, 0.2) is 17.0 Å². The maximum absolute atomic E-state index is 4.23. The zero-order valence-corrected chi connectivity index (χ0v) is 10.3. The number of thiazole rings is 1. The summed E-state index contributed by atoms with van der Waals surface area (Å²) in [6, 6.07) is 2.49. The van der Waals surface area contributed by atoms with Crippen LogP contribution in [0, 0.1) is 6.92 Å². The van der Waals surface area contributed by atoms with Crippen LogP contribution < -0.4 is 5.32 Å². The van der Waals surface area contributed by atoms with Crippen molar-refractivity contribution in [1.29, 1.82) is 0 Å². The molecule has 0 saturated carbocycles. The fraction of sp³-hybridized carbons (Fsp3) is 0.455. The van der Waals surface area contributed by atoms with Gasteiger partial charge in [0.1, 0.15) is 0 Å². The van der Waals surface area contributed by atoms with Crippen molar-refractivity contribution < 1.29 is 0 Å². The molecule has 2 heterocycles. The number of rotatable bonds is 5. The summed E-state index contributed by atoms with van der Waals surface area (Å²) in [6.45, 7) is 5.01. The predicted molar refractivity (Wildman–Crippen MR) is 65.4 cm³/mol. The van der Waals surface area contributed by atoms with Crippen LogP contribution in [0.2, 0.25) is 0 Å². The highest BCUT2D eigenvalue weighted by Crippen LogP contribution is 2.04. The number of nitrogens with one attached hydrogen (secondary N) is 2. The number of aromatic amines is 1. The van der Waals surface area contributed by atoms with Crippen LogP contribution >= 0.6 is 11.3 Å². The molecule has 0 saturated heterocycles. The van der Waals surface area contributed by atoms with E-state index in [9.17, 15) is 0 Å². The summed E-state index contributed by atoms with van der Waals surface area (Å²) in [7, 11) is 0. The minimum Gasteiger partial charge on any atom is -0.308 e. The van der Waals surface area contributed by atoms with E-state index in [4.69, 9.17) is 0 Å². The number of H-pyrrole nitrogens is 1. The molecule has 1 unspecified atom stereocenters. The first-order valence-corrected chi connectivity index (χ1v) is 6.29. The Hall–Kier alpha value is -1.20. The van der Waals surface area contributed by atoms with Crippen molar-refractivity contribution in [2.45, 2.75) is 32.9 Å². The minimum absolute atomic E-state index is 0.407. The third-order valence-electron chi connectivity index (χ3n) is 2.39. The SMILES string of the molecule is Cc1cc(CC(C)NCc2cscn2)n[nH]1. The normalized spacial score (nSPS) is 12.9. The molecule has 2 aromatic heterocycles. The van der Waals surface area contributed by atoms with Crippen LogP contribution in [0.4, 0.5) is 0 Å². The van der Waals surface area contributed by atoms with Crippen LogP contribution in [-0.4, -0.2) is 21.2 Å². The van der Waals surface area contributed by atoms with Gasteiger partial charge in [-0.2, -0.15) is 5.10 Å². The summed E-state index contributed by atoms with van der Waals surface area (Å²) in [6.07, 6.45) is 0.939. The topological polar surface area (TPSA) is 53.6 Å². The zero-order chi connectivity index (χ0) is 11.4. The van der Waals surface area contributed by atoms with Crippen molar-refractivity contribution in [3.8, 4) is 0 Å². The molecule has 0 aliphatic rings. The van der Waals surface area contributed by atoms with Crippen LogP contribution in [0.1, 0.15) is 24.0 Å². The second-order valence-corrected chi connectivity index (χ2v) is 4.73. The highest BCUT2D eigenvalue weighted by Gasteiger charge is 2.06. The van der Waals surface area contributed by atoms with E-state index < -0.39 is 0 Å². The number of aromatic nitrogens is 3. The Morgan fingerprint density at radius 2 is 2.38 bits per heavy atom. The maximum atomic E-state index is 4.23. The van der Waals surface area contributed by atoms with Gasteiger partial charge < -0.3 is 5.32 Å². The molecule has 2 N–H and O–H groups in total. The standard InChI is InChI=1S/C11H16N4S/c1-8(3-10-4-9(2)14-15-10)12-5-11-6-16-7-13-11/h4,6-8,12H,3,5H2,1-2H3,(H,14,15). The van der Waals surface area contributed by atoms with Gasteiger partial charge in [0.2, 0.25) is 0 Å². The second-order valence-electron chi connectivity index (χ2n) is 4.01. The molecule has 0 radical (unpaired) electrons. The Bertz CT molecular complexity index is 421. The molecule has 2 aromatic rings. The van der Waals surface area contributed by atoms with Gasteiger partial charge in [-0.25, -0.2) is 4.98 Å². The molecule has 0 bridgehead atoms. The summed E-state index contributed by atoms with van der Waals surface area (Å²) in [5.74, 6) is 0. The van der Waals surface area contributed by atoms with Crippen LogP contribution in [0.25, 0.3) is 0 Å². The van der Waals surface area contributed by atoms with E-state index in [1.165, 1.54) is 0 Å². The quantitative estimate of drug-likeness (QED) is 0.833. The molecular weight excluding hydrogens is 220 g/mol. The Labute approximate surface area is 99.1 Å². The Morgan fingerprint density at radius 3 is 3.00 bits per heavy atom. The average Bonchev–Trinajstić information content (AvgIpc) is 2.87. The van der Waals surface area contributed by atoms with Gasteiger partial charge in [0.25, 0.3) is 0 Å². The third kappa shape index (κ3) is 3.15. The molecule has 5 heteroatoms. The van der Waals surface area contributed by atoms with Crippen molar-refractivity contribution >= 4 is 11.3 Å². The largest absolute Gasteiger partial charge is 0.308 e. The number of hydrogen-bond donors (Lipinski definition) is 2. The minimum atomic E-state index is 0.407. The molecule has 0 spiro atoms. The lowest BCUT2D eigenvalue weighted by molar-refractivity contribution is 0.535. The fourth-order valence-electron chi connectivity index (χ4n) is 1.57. The molecule has 0 aromatic carbocycles. The van der Waals surface area contributed by atoms with Gasteiger partial charge >= 0.3 is 0 Å². The summed E-state index contributed by atoms with van der Waals surface area (Å²) in [5, 5.41) is 12.7. The number of nitrogens with zero attached hydrogens (tertiary/aromatic N) is 2. The van der Waals surface area contributed by atoms with E-state index in [0.717, 1.165) is 30.0 Å². The van der Waals surface area contributed by atoms with Gasteiger partial charge in [-0.3, -0.25) is 5.10 Å². The monoisotopic (exact) mass is 236 g/mol. The predicted octanol–water partition coefficient (Wildman–Crippen LogP) is 1.90. The first kappa shape index (κ1) is 11.3. The molecule has 0 amide bonds. The molecule has 1 atom stereocenters. The molecule has 16 heavy (non-hydrogen) atoms. The third-order valence-corrected chi connectivity index (χ3v) is 3.02. The van der Waals surface area contributed by atoms with E-state index in [2.05, 4.69) is 38.9 Å². The summed E-state index contributed by atoms with van der Waals surface area (Å²) < 4.78 is 0. The van der Waals surface area contributed by atoms with E-state index in [1.807, 2.05) is 12.4 Å². The average molecular weight is 236 g/mol. The summed E-state index contributed by atoms with van der Waals surface area (Å²) in [5.41, 5.74) is 5.19. The number of aryl methyl sites for hydroxylation is 1. The van der Waals surface area contributed by atoms with Gasteiger partial charge in [0.05, 0.1) is 16.9 Å². The van der Waals surface area contributed by atoms with Gasteiger partial charge in [-0.15, -0.1) is 11.3 Å². The summed E-state index contributed by atoms with van der Waals surface area (Å²) >= 11 is 1.63. The highest BCUT2D eigenvalue weighted by molar-refractivity contribution is 7.07. The van der Waals surface area contributed by atoms with Gasteiger partial charge in [0, 0.05) is 30.1 Å². The van der Waals surface area contributed by atoms with Crippen molar-refractivity contribution in [3.05, 3.63) is 34.0 Å². The van der Waals surface area contributed by atoms with Gasteiger partial charge in [0.15, 0.2) is 0 Å². The smallest absolute Gasteiger partial charge is 0.0795 e. The molecule has 0 aliphatic heterocycles. The highest BCUT2D eigenvalue weighted by atomic mass is 32.1. The van der Waals surface area contributed by atoms with E-state index in [0.29, 0.717) is 6.04 Å². The maximum Gasteiger partial charge on any atom is 0.0795 e. The van der Waals surface area contributed by atoms with E-state index >= 15 is 0 Å². The van der Waals surface area contributed by atoms with Gasteiger partial charge in [-0.05, 0) is 19.9 Å². The Balaban J connectivity index is 1.78. The first-order chi connectivity index (χ1) is 7.74. The van der Waals surface area contributed by atoms with E-state index in [-0.39, 0.29) is 0 Å². The van der Waals surface area contributed by atoms with E-state index in [1.54, 1.807) is 11.3 Å². The lowest BCUT2D eigenvalue weighted by Gasteiger charge is -2.10. The molecule has 2 rings (SSSR count). The van der Waals surface area contributed by atoms with Crippen LogP contribution in [0.5, 0.6) is 0 Å². The zero-order valence-electron chi connectivity index (χ0n) is 9.53. The van der Waals surface area contributed by atoms with Crippen molar-refractivity contribution in [3.63, 3.8) is 0 Å². The molecule has 0 aliphatic carbocycles. The molecule has 4 nitrogen and oxygen atoms in total. The Morgan fingerprint density at radius 1 is 1.50 bits per heavy atom. The molecular formula is C11H16N4S. The van der Waals surface area contributed by atoms with Crippen molar-refractivity contribution in [2.75, 3.05) is 0 Å². The fourth-order valence-corrected chi connectivity index (χ4v) is 2.13. The molecule has 0 fully saturated rings. The van der Waals surface area contributed by atoms with Crippen LogP contribution in [-0.2, 0) is 13.0 Å². The lowest BCUT2D eigenvalue weighted by Crippen LogP contribution is -2.27. The lowest BCUT2D eigenvalue weighted by atomic mass is 10.2. The number of hydrogen-bond acceptors (Lipinski definition) is 4. The van der Waals surface area contributed by atoms with Crippen LogP contribution in [0.3, 0.4) is 0 Å².